The number of aliphatic hydroxyl groups excluding tert-OH is 1. The average Bonchev–Trinajstić information content (AvgIpc) is 2.70. The third-order valence-corrected chi connectivity index (χ3v) is 2.88. The summed E-state index contributed by atoms with van der Waals surface area (Å²) in [6, 6.07) is 2.14. The van der Waals surface area contributed by atoms with E-state index >= 15 is 0 Å². The molecule has 1 aliphatic heterocycles. The average molecular weight is 192 g/mol. The van der Waals surface area contributed by atoms with E-state index in [0.29, 0.717) is 0 Å². The molecule has 0 aromatic carbocycles. The zero-order chi connectivity index (χ0) is 9.97. The van der Waals surface area contributed by atoms with Crippen LogP contribution >= 0.6 is 0 Å². The van der Waals surface area contributed by atoms with E-state index in [9.17, 15) is 5.11 Å². The van der Waals surface area contributed by atoms with Crippen molar-refractivity contribution in [1.29, 1.82) is 0 Å². The highest BCUT2D eigenvalue weighted by molar-refractivity contribution is 5.25. The van der Waals surface area contributed by atoms with Gasteiger partial charge in [-0.05, 0) is 37.9 Å². The maximum Gasteiger partial charge on any atom is 0.0960 e. The summed E-state index contributed by atoms with van der Waals surface area (Å²) in [5.41, 5.74) is 2.06. The number of hydrogen-bond acceptors (Lipinski definition) is 3. The number of aliphatic hydroxyl groups is 1. The molecule has 2 rings (SSSR count). The Kier molecular flexibility index (Phi) is 2.79. The number of nitrogens with one attached hydrogen (secondary N) is 1. The quantitative estimate of drug-likeness (QED) is 0.739. The van der Waals surface area contributed by atoms with E-state index in [1.807, 2.05) is 13.0 Å². The van der Waals surface area contributed by atoms with Crippen LogP contribution in [0.3, 0.4) is 0 Å². The normalized spacial score (nSPS) is 23.7. The van der Waals surface area contributed by atoms with Crippen molar-refractivity contribution in [3.8, 4) is 0 Å². The highest BCUT2D eigenvalue weighted by Gasteiger charge is 2.24. The van der Waals surface area contributed by atoms with E-state index in [1.54, 1.807) is 12.4 Å². The molecule has 2 atom stereocenters. The topological polar surface area (TPSA) is 45.2 Å². The summed E-state index contributed by atoms with van der Waals surface area (Å²) in [6.07, 6.45) is 5.32. The molecule has 14 heavy (non-hydrogen) atoms. The molecule has 2 N–H and O–H groups in total. The number of pyridine rings is 1. The van der Waals surface area contributed by atoms with Gasteiger partial charge in [0.1, 0.15) is 0 Å². The van der Waals surface area contributed by atoms with Crippen LogP contribution < -0.4 is 5.32 Å². The Bertz CT molecular complexity index is 308. The van der Waals surface area contributed by atoms with E-state index in [1.165, 1.54) is 0 Å². The molecule has 0 aliphatic carbocycles. The lowest BCUT2D eigenvalue weighted by Gasteiger charge is -2.19. The van der Waals surface area contributed by atoms with Crippen molar-refractivity contribution >= 4 is 0 Å². The van der Waals surface area contributed by atoms with Gasteiger partial charge in [-0.1, -0.05) is 0 Å². The standard InChI is InChI=1S/C11H16N2O/c1-8-4-6-12-7-9(8)11(14)10-3-2-5-13-10/h4,6-7,10-11,13-14H,2-3,5H2,1H3/t10-,11?/m1/s1. The Labute approximate surface area is 84.2 Å². The van der Waals surface area contributed by atoms with Crippen molar-refractivity contribution in [1.82, 2.24) is 10.3 Å². The van der Waals surface area contributed by atoms with Crippen LogP contribution in [0, 0.1) is 6.92 Å². The van der Waals surface area contributed by atoms with Crippen molar-refractivity contribution in [3.63, 3.8) is 0 Å². The second-order valence-electron chi connectivity index (χ2n) is 3.88. The van der Waals surface area contributed by atoms with Crippen molar-refractivity contribution in [2.45, 2.75) is 31.9 Å². The lowest BCUT2D eigenvalue weighted by atomic mass is 9.99. The molecule has 1 aliphatic rings. The molecule has 3 nitrogen and oxygen atoms in total. The van der Waals surface area contributed by atoms with Crippen molar-refractivity contribution in [2.24, 2.45) is 0 Å². The molecule has 2 heterocycles. The molecule has 1 unspecified atom stereocenters. The van der Waals surface area contributed by atoms with Crippen LogP contribution in [-0.4, -0.2) is 22.7 Å². The first-order valence-corrected chi connectivity index (χ1v) is 5.11. The Morgan fingerprint density at radius 2 is 2.50 bits per heavy atom. The second kappa shape index (κ2) is 4.07. The molecule has 3 heteroatoms. The van der Waals surface area contributed by atoms with Crippen LogP contribution in [0.4, 0.5) is 0 Å². The first kappa shape index (κ1) is 9.62. The fourth-order valence-corrected chi connectivity index (χ4v) is 1.98. The van der Waals surface area contributed by atoms with E-state index in [2.05, 4.69) is 10.3 Å². The first-order valence-electron chi connectivity index (χ1n) is 5.11. The summed E-state index contributed by atoms with van der Waals surface area (Å²) < 4.78 is 0. The summed E-state index contributed by atoms with van der Waals surface area (Å²) in [5.74, 6) is 0. The van der Waals surface area contributed by atoms with Gasteiger partial charge in [0, 0.05) is 24.0 Å². The summed E-state index contributed by atoms with van der Waals surface area (Å²) in [5, 5.41) is 13.4. The predicted octanol–water partition coefficient (Wildman–Crippen LogP) is 1.18. The molecule has 0 radical (unpaired) electrons. The molecular weight excluding hydrogens is 176 g/mol. The molecule has 0 saturated carbocycles. The first-order chi connectivity index (χ1) is 6.79. The Morgan fingerprint density at radius 1 is 1.64 bits per heavy atom. The Balaban J connectivity index is 2.17. The minimum absolute atomic E-state index is 0.206. The summed E-state index contributed by atoms with van der Waals surface area (Å²) in [7, 11) is 0. The number of aryl methyl sites for hydroxylation is 1. The molecule has 76 valence electrons. The smallest absolute Gasteiger partial charge is 0.0960 e. The minimum Gasteiger partial charge on any atom is -0.387 e. The van der Waals surface area contributed by atoms with Crippen molar-refractivity contribution in [3.05, 3.63) is 29.6 Å². The third kappa shape index (κ3) is 1.79. The van der Waals surface area contributed by atoms with E-state index in [-0.39, 0.29) is 6.04 Å². The Morgan fingerprint density at radius 3 is 3.14 bits per heavy atom. The van der Waals surface area contributed by atoms with Crippen LogP contribution in [-0.2, 0) is 0 Å². The van der Waals surface area contributed by atoms with Crippen molar-refractivity contribution in [2.75, 3.05) is 6.54 Å². The largest absolute Gasteiger partial charge is 0.387 e. The van der Waals surface area contributed by atoms with E-state index in [4.69, 9.17) is 0 Å². The molecule has 0 amide bonds. The molecular formula is C11H16N2O. The molecule has 1 aromatic heterocycles. The van der Waals surface area contributed by atoms with Gasteiger partial charge in [-0.25, -0.2) is 0 Å². The number of aromatic nitrogens is 1. The number of hydrogen-bond donors (Lipinski definition) is 2. The van der Waals surface area contributed by atoms with Crippen LogP contribution in [0.5, 0.6) is 0 Å². The number of rotatable bonds is 2. The van der Waals surface area contributed by atoms with Gasteiger partial charge in [0.25, 0.3) is 0 Å². The Hall–Kier alpha value is -0.930. The van der Waals surface area contributed by atoms with Crippen LogP contribution in [0.15, 0.2) is 18.5 Å². The zero-order valence-corrected chi connectivity index (χ0v) is 8.40. The van der Waals surface area contributed by atoms with Gasteiger partial charge in [-0.15, -0.1) is 0 Å². The lowest BCUT2D eigenvalue weighted by Crippen LogP contribution is -2.29. The highest BCUT2D eigenvalue weighted by Crippen LogP contribution is 2.24. The minimum atomic E-state index is -0.411. The predicted molar refractivity (Wildman–Crippen MR) is 55.0 cm³/mol. The lowest BCUT2D eigenvalue weighted by molar-refractivity contribution is 0.136. The van der Waals surface area contributed by atoms with Gasteiger partial charge >= 0.3 is 0 Å². The van der Waals surface area contributed by atoms with Gasteiger partial charge in [0.2, 0.25) is 0 Å². The van der Waals surface area contributed by atoms with Gasteiger partial charge in [-0.3, -0.25) is 4.98 Å². The monoisotopic (exact) mass is 192 g/mol. The van der Waals surface area contributed by atoms with Gasteiger partial charge in [-0.2, -0.15) is 0 Å². The number of nitrogens with zero attached hydrogens (tertiary/aromatic N) is 1. The molecule has 1 fully saturated rings. The van der Waals surface area contributed by atoms with Gasteiger partial charge < -0.3 is 10.4 Å². The maximum absolute atomic E-state index is 10.1. The van der Waals surface area contributed by atoms with Gasteiger partial charge in [0.15, 0.2) is 0 Å². The summed E-state index contributed by atoms with van der Waals surface area (Å²) in [6.45, 7) is 3.02. The zero-order valence-electron chi connectivity index (χ0n) is 8.40. The summed E-state index contributed by atoms with van der Waals surface area (Å²) in [4.78, 5) is 4.05. The van der Waals surface area contributed by atoms with Crippen LogP contribution in [0.25, 0.3) is 0 Å². The second-order valence-corrected chi connectivity index (χ2v) is 3.88. The van der Waals surface area contributed by atoms with E-state index < -0.39 is 6.10 Å². The van der Waals surface area contributed by atoms with Crippen LogP contribution in [0.2, 0.25) is 0 Å². The molecule has 1 aromatic rings. The van der Waals surface area contributed by atoms with Crippen molar-refractivity contribution < 1.29 is 5.11 Å². The van der Waals surface area contributed by atoms with Gasteiger partial charge in [0.05, 0.1) is 6.10 Å². The van der Waals surface area contributed by atoms with E-state index in [0.717, 1.165) is 30.5 Å². The van der Waals surface area contributed by atoms with Crippen LogP contribution in [0.1, 0.15) is 30.1 Å². The SMILES string of the molecule is Cc1ccncc1C(O)[C@H]1CCCN1. The fraction of sp³-hybridized carbons (Fsp3) is 0.545. The molecule has 1 saturated heterocycles. The third-order valence-electron chi connectivity index (χ3n) is 2.88. The summed E-state index contributed by atoms with van der Waals surface area (Å²) >= 11 is 0. The molecule has 0 bridgehead atoms. The fourth-order valence-electron chi connectivity index (χ4n) is 1.98. The maximum atomic E-state index is 10.1. The molecule has 0 spiro atoms. The highest BCUT2D eigenvalue weighted by atomic mass is 16.3.